The van der Waals surface area contributed by atoms with Crippen LogP contribution in [0, 0.1) is 0 Å². The van der Waals surface area contributed by atoms with E-state index in [2.05, 4.69) is 11.6 Å². The third kappa shape index (κ3) is 3.06. The van der Waals surface area contributed by atoms with Crippen molar-refractivity contribution in [1.29, 1.82) is 0 Å². The number of rotatable bonds is 4. The Labute approximate surface area is 115 Å². The Morgan fingerprint density at radius 2 is 2.28 bits per heavy atom. The highest BCUT2D eigenvalue weighted by molar-refractivity contribution is 8.00. The van der Waals surface area contributed by atoms with Crippen LogP contribution in [0.4, 0.5) is 4.79 Å². The normalized spacial score (nSPS) is 25.6. The van der Waals surface area contributed by atoms with Crippen LogP contribution in [0.1, 0.15) is 12.8 Å². The molecule has 2 amide bonds. The van der Waals surface area contributed by atoms with Gasteiger partial charge in [-0.1, -0.05) is 0 Å². The van der Waals surface area contributed by atoms with Gasteiger partial charge in [-0.3, -0.25) is 0 Å². The van der Waals surface area contributed by atoms with Crippen molar-refractivity contribution in [2.75, 3.05) is 30.9 Å². The molecule has 2 aliphatic rings. The minimum absolute atomic E-state index is 0.207. The number of carboxylic acid groups (broad SMARTS) is 1. The van der Waals surface area contributed by atoms with Crippen LogP contribution in [0.15, 0.2) is 0 Å². The van der Waals surface area contributed by atoms with E-state index in [1.54, 1.807) is 23.5 Å². The number of nitrogens with one attached hydrogen (secondary N) is 1. The Balaban J connectivity index is 1.88. The lowest BCUT2D eigenvalue weighted by atomic mass is 10.3. The zero-order valence-electron chi connectivity index (χ0n) is 10.3. The maximum absolute atomic E-state index is 12.0. The lowest BCUT2D eigenvalue weighted by Gasteiger charge is -2.33. The summed E-state index contributed by atoms with van der Waals surface area (Å²) in [5.74, 6) is 0.379. The maximum Gasteiger partial charge on any atom is 0.327 e. The van der Waals surface area contributed by atoms with Crippen LogP contribution < -0.4 is 5.32 Å². The largest absolute Gasteiger partial charge is 0.480 e. The number of aliphatic carboxylic acids is 1. The molecular weight excluding hydrogens is 272 g/mol. The molecule has 102 valence electrons. The van der Waals surface area contributed by atoms with E-state index in [1.807, 2.05) is 0 Å². The summed E-state index contributed by atoms with van der Waals surface area (Å²) in [4.78, 5) is 24.6. The molecule has 0 bridgehead atoms. The van der Waals surface area contributed by atoms with Gasteiger partial charge in [-0.25, -0.2) is 9.59 Å². The Morgan fingerprint density at radius 1 is 1.56 bits per heavy atom. The molecule has 1 saturated carbocycles. The van der Waals surface area contributed by atoms with E-state index in [0.29, 0.717) is 18.8 Å². The predicted octanol–water partition coefficient (Wildman–Crippen LogP) is 1.09. The molecule has 1 saturated heterocycles. The summed E-state index contributed by atoms with van der Waals surface area (Å²) in [6.07, 6.45) is 4.32. The smallest absolute Gasteiger partial charge is 0.327 e. The zero-order valence-corrected chi connectivity index (χ0v) is 12.0. The number of nitrogens with zero attached hydrogens (tertiary/aromatic N) is 1. The van der Waals surface area contributed by atoms with Gasteiger partial charge in [-0.2, -0.15) is 23.5 Å². The van der Waals surface area contributed by atoms with E-state index in [0.717, 1.165) is 18.6 Å². The highest BCUT2D eigenvalue weighted by Crippen LogP contribution is 2.46. The lowest BCUT2D eigenvalue weighted by Crippen LogP contribution is -2.54. The zero-order chi connectivity index (χ0) is 13.2. The summed E-state index contributed by atoms with van der Waals surface area (Å²) in [6.45, 7) is 1.16. The molecular formula is C11H18N2O3S2. The molecule has 1 atom stereocenters. The van der Waals surface area contributed by atoms with Crippen molar-refractivity contribution < 1.29 is 14.7 Å². The fourth-order valence-corrected chi connectivity index (χ4v) is 3.75. The van der Waals surface area contributed by atoms with Gasteiger partial charge in [-0.15, -0.1) is 0 Å². The first-order valence-electron chi connectivity index (χ1n) is 5.98. The van der Waals surface area contributed by atoms with Gasteiger partial charge in [0.05, 0.1) is 0 Å². The van der Waals surface area contributed by atoms with E-state index >= 15 is 0 Å². The summed E-state index contributed by atoms with van der Waals surface area (Å²) in [5, 5.41) is 12.0. The number of carbonyl (C=O) groups excluding carboxylic acids is 1. The molecule has 0 aromatic heterocycles. The molecule has 1 unspecified atom stereocenters. The van der Waals surface area contributed by atoms with Gasteiger partial charge in [0.15, 0.2) is 0 Å². The molecule has 2 fully saturated rings. The van der Waals surface area contributed by atoms with Crippen molar-refractivity contribution in [1.82, 2.24) is 10.2 Å². The van der Waals surface area contributed by atoms with Crippen LogP contribution in [0.25, 0.3) is 0 Å². The standard InChI is InChI=1S/C11H18N2O3S2/c1-17-11(2-3-11)7-12-10(16)13-4-5-18-6-8(13)9(14)15/h8H,2-7H2,1H3,(H,12,16)(H,14,15). The van der Waals surface area contributed by atoms with Crippen LogP contribution in [-0.4, -0.2) is 63.6 Å². The lowest BCUT2D eigenvalue weighted by molar-refractivity contribution is -0.141. The van der Waals surface area contributed by atoms with Crippen molar-refractivity contribution >= 4 is 35.5 Å². The summed E-state index contributed by atoms with van der Waals surface area (Å²) >= 11 is 3.37. The first-order chi connectivity index (χ1) is 8.58. The molecule has 0 aromatic carbocycles. The second-order valence-corrected chi connectivity index (χ2v) is 7.09. The van der Waals surface area contributed by atoms with Crippen molar-refractivity contribution in [3.05, 3.63) is 0 Å². The van der Waals surface area contributed by atoms with Gasteiger partial charge < -0.3 is 15.3 Å². The number of hydrogen-bond acceptors (Lipinski definition) is 4. The van der Waals surface area contributed by atoms with Crippen LogP contribution in [0.2, 0.25) is 0 Å². The number of urea groups is 1. The summed E-state index contributed by atoms with van der Waals surface area (Å²) in [7, 11) is 0. The summed E-state index contributed by atoms with van der Waals surface area (Å²) in [6, 6.07) is -0.920. The number of thioether (sulfide) groups is 2. The predicted molar refractivity (Wildman–Crippen MR) is 74.3 cm³/mol. The van der Waals surface area contributed by atoms with Crippen molar-refractivity contribution in [3.63, 3.8) is 0 Å². The summed E-state index contributed by atoms with van der Waals surface area (Å²) in [5.41, 5.74) is 0. The third-order valence-corrected chi connectivity index (χ3v) is 5.92. The van der Waals surface area contributed by atoms with E-state index in [1.165, 1.54) is 4.90 Å². The fourth-order valence-electron chi connectivity index (χ4n) is 1.98. The van der Waals surface area contributed by atoms with E-state index < -0.39 is 12.0 Å². The molecule has 1 aliphatic carbocycles. The highest BCUT2D eigenvalue weighted by atomic mass is 32.2. The van der Waals surface area contributed by atoms with Gasteiger partial charge in [0.25, 0.3) is 0 Å². The van der Waals surface area contributed by atoms with Crippen molar-refractivity contribution in [3.8, 4) is 0 Å². The molecule has 18 heavy (non-hydrogen) atoms. The van der Waals surface area contributed by atoms with Gasteiger partial charge >= 0.3 is 12.0 Å². The van der Waals surface area contributed by atoms with Crippen LogP contribution in [0.3, 0.4) is 0 Å². The van der Waals surface area contributed by atoms with Crippen molar-refractivity contribution in [2.24, 2.45) is 0 Å². The Morgan fingerprint density at radius 3 is 2.83 bits per heavy atom. The highest BCUT2D eigenvalue weighted by Gasteiger charge is 2.42. The van der Waals surface area contributed by atoms with E-state index in [9.17, 15) is 9.59 Å². The monoisotopic (exact) mass is 290 g/mol. The Hall–Kier alpha value is -0.560. The van der Waals surface area contributed by atoms with Gasteiger partial charge in [0, 0.05) is 29.3 Å². The average Bonchev–Trinajstić information content (AvgIpc) is 3.16. The third-order valence-electron chi connectivity index (χ3n) is 3.48. The number of carbonyl (C=O) groups is 2. The molecule has 0 spiro atoms. The van der Waals surface area contributed by atoms with Gasteiger partial charge in [0.2, 0.25) is 0 Å². The molecule has 0 radical (unpaired) electrons. The minimum Gasteiger partial charge on any atom is -0.480 e. The second-order valence-electron chi connectivity index (χ2n) is 4.67. The topological polar surface area (TPSA) is 69.6 Å². The molecule has 1 aliphatic heterocycles. The van der Waals surface area contributed by atoms with E-state index in [-0.39, 0.29) is 10.8 Å². The Bertz CT molecular complexity index is 347. The first kappa shape index (κ1) is 13.9. The number of carboxylic acids is 1. The van der Waals surface area contributed by atoms with Crippen LogP contribution >= 0.6 is 23.5 Å². The number of amides is 2. The average molecular weight is 290 g/mol. The van der Waals surface area contributed by atoms with Gasteiger partial charge in [-0.05, 0) is 19.1 Å². The van der Waals surface area contributed by atoms with Crippen LogP contribution in [0.5, 0.6) is 0 Å². The molecule has 7 heteroatoms. The molecule has 2 rings (SSSR count). The maximum atomic E-state index is 12.0. The quantitative estimate of drug-likeness (QED) is 0.811. The van der Waals surface area contributed by atoms with Gasteiger partial charge in [0.1, 0.15) is 6.04 Å². The SMILES string of the molecule is CSC1(CNC(=O)N2CCSCC2C(=O)O)CC1. The number of hydrogen-bond donors (Lipinski definition) is 2. The van der Waals surface area contributed by atoms with Crippen LogP contribution in [-0.2, 0) is 4.79 Å². The first-order valence-corrected chi connectivity index (χ1v) is 8.36. The minimum atomic E-state index is -0.914. The second kappa shape index (κ2) is 5.61. The molecule has 1 heterocycles. The van der Waals surface area contributed by atoms with Crippen molar-refractivity contribution in [2.45, 2.75) is 23.6 Å². The summed E-state index contributed by atoms with van der Waals surface area (Å²) < 4.78 is 0.207. The van der Waals surface area contributed by atoms with E-state index in [4.69, 9.17) is 5.11 Å². The fraction of sp³-hybridized carbons (Fsp3) is 0.818. The Kier molecular flexibility index (Phi) is 4.32. The molecule has 2 N–H and O–H groups in total. The molecule has 0 aromatic rings. The molecule has 5 nitrogen and oxygen atoms in total.